The van der Waals surface area contributed by atoms with Crippen molar-refractivity contribution in [2.75, 3.05) is 13.7 Å². The number of nitrogens with zero attached hydrogens (tertiary/aromatic N) is 3. The van der Waals surface area contributed by atoms with Crippen molar-refractivity contribution in [2.24, 2.45) is 5.10 Å². The fraction of sp³-hybridized carbons (Fsp3) is 0.250. The van der Waals surface area contributed by atoms with Gasteiger partial charge in [-0.25, -0.2) is 4.98 Å². The quantitative estimate of drug-likeness (QED) is 0.160. The van der Waals surface area contributed by atoms with Crippen molar-refractivity contribution in [3.8, 4) is 28.6 Å². The minimum atomic E-state index is -0.263. The maximum atomic E-state index is 13.9. The summed E-state index contributed by atoms with van der Waals surface area (Å²) in [7, 11) is 1.60. The molecule has 1 heterocycles. The van der Waals surface area contributed by atoms with Gasteiger partial charge in [0.05, 0.1) is 30.8 Å². The highest BCUT2D eigenvalue weighted by molar-refractivity contribution is 5.86. The molecule has 43 heavy (non-hydrogen) atoms. The molecule has 7 heteroatoms. The number of para-hydroxylation sites is 2. The Morgan fingerprint density at radius 1 is 0.930 bits per heavy atom. The van der Waals surface area contributed by atoms with Crippen LogP contribution in [0.25, 0.3) is 22.3 Å². The topological polar surface area (TPSA) is 74.9 Å². The van der Waals surface area contributed by atoms with E-state index in [0.29, 0.717) is 47.0 Å². The molecule has 5 rings (SSSR count). The van der Waals surface area contributed by atoms with Gasteiger partial charge in [-0.15, -0.1) is 0 Å². The van der Waals surface area contributed by atoms with Gasteiger partial charge in [-0.2, -0.15) is 9.78 Å². The molecule has 0 aliphatic carbocycles. The molecule has 0 fully saturated rings. The highest BCUT2D eigenvalue weighted by Crippen LogP contribution is 2.35. The molecule has 5 aromatic rings. The van der Waals surface area contributed by atoms with Crippen molar-refractivity contribution >= 4 is 17.1 Å². The third kappa shape index (κ3) is 6.31. The summed E-state index contributed by atoms with van der Waals surface area (Å²) in [5, 5.41) is 5.21. The van der Waals surface area contributed by atoms with Crippen LogP contribution in [0.15, 0.2) is 88.8 Å². The van der Waals surface area contributed by atoms with Crippen molar-refractivity contribution in [1.82, 2.24) is 9.66 Å². The third-order valence-electron chi connectivity index (χ3n) is 7.32. The van der Waals surface area contributed by atoms with E-state index in [0.717, 1.165) is 28.0 Å². The van der Waals surface area contributed by atoms with Crippen LogP contribution < -0.4 is 19.8 Å². The van der Waals surface area contributed by atoms with Gasteiger partial charge in [0.25, 0.3) is 5.56 Å². The van der Waals surface area contributed by atoms with Gasteiger partial charge in [0.1, 0.15) is 12.4 Å². The summed E-state index contributed by atoms with van der Waals surface area (Å²) >= 11 is 0. The molecule has 0 aliphatic heterocycles. The van der Waals surface area contributed by atoms with Gasteiger partial charge < -0.3 is 14.2 Å². The number of aromatic nitrogens is 2. The first-order chi connectivity index (χ1) is 20.8. The molecule has 0 radical (unpaired) electrons. The molecule has 0 amide bonds. The van der Waals surface area contributed by atoms with E-state index in [1.807, 2.05) is 68.4 Å². The van der Waals surface area contributed by atoms with E-state index in [2.05, 4.69) is 39.0 Å². The summed E-state index contributed by atoms with van der Waals surface area (Å²) in [6.07, 6.45) is 1.63. The van der Waals surface area contributed by atoms with Crippen LogP contribution in [0.5, 0.6) is 17.2 Å². The Bertz CT molecular complexity index is 1840. The third-order valence-corrected chi connectivity index (χ3v) is 7.32. The maximum absolute atomic E-state index is 13.9. The zero-order valence-corrected chi connectivity index (χ0v) is 25.5. The second kappa shape index (κ2) is 12.9. The van der Waals surface area contributed by atoms with E-state index in [-0.39, 0.29) is 11.5 Å². The van der Waals surface area contributed by atoms with Crippen LogP contribution in [0.4, 0.5) is 0 Å². The number of hydrogen-bond donors (Lipinski definition) is 0. The van der Waals surface area contributed by atoms with E-state index in [9.17, 15) is 4.79 Å². The Balaban J connectivity index is 1.64. The lowest BCUT2D eigenvalue weighted by Crippen LogP contribution is -2.21. The van der Waals surface area contributed by atoms with Crippen molar-refractivity contribution in [3.63, 3.8) is 0 Å². The Morgan fingerprint density at radius 3 is 2.42 bits per heavy atom. The van der Waals surface area contributed by atoms with Gasteiger partial charge in [0.15, 0.2) is 17.3 Å². The predicted molar refractivity (Wildman–Crippen MR) is 173 cm³/mol. The first-order valence-electron chi connectivity index (χ1n) is 14.5. The van der Waals surface area contributed by atoms with Crippen LogP contribution in [0.2, 0.25) is 0 Å². The highest BCUT2D eigenvalue weighted by atomic mass is 16.5. The van der Waals surface area contributed by atoms with E-state index in [1.54, 1.807) is 19.4 Å². The number of hydrogen-bond acceptors (Lipinski definition) is 6. The standard InChI is InChI=1S/C36H37N3O4/c1-7-42-33-19-25(5)30(20-29(33)23(2)3)35-38-31-13-9-8-12-28(31)36(40)39(35)37-21-27-11-10-14-32(41-6)34(27)43-22-26-17-15-24(4)16-18-26/h8-21,23H,7,22H2,1-6H3. The molecule has 4 aromatic carbocycles. The van der Waals surface area contributed by atoms with Gasteiger partial charge in [-0.3, -0.25) is 4.79 Å². The van der Waals surface area contributed by atoms with Gasteiger partial charge in [0.2, 0.25) is 0 Å². The van der Waals surface area contributed by atoms with Crippen LogP contribution in [0.1, 0.15) is 54.5 Å². The average Bonchev–Trinajstić information content (AvgIpc) is 3.00. The summed E-state index contributed by atoms with van der Waals surface area (Å²) in [4.78, 5) is 18.9. The molecule has 0 saturated carbocycles. The SMILES string of the molecule is CCOc1cc(C)c(-c2nc3ccccc3c(=O)n2N=Cc2cccc(OC)c2OCc2ccc(C)cc2)cc1C(C)C. The second-order valence-electron chi connectivity index (χ2n) is 10.8. The maximum Gasteiger partial charge on any atom is 0.282 e. The molecule has 0 saturated heterocycles. The molecule has 0 bridgehead atoms. The predicted octanol–water partition coefficient (Wildman–Crippen LogP) is 7.67. The summed E-state index contributed by atoms with van der Waals surface area (Å²) in [6.45, 7) is 11.2. The molecule has 0 N–H and O–H groups in total. The first-order valence-corrected chi connectivity index (χ1v) is 14.5. The molecular weight excluding hydrogens is 538 g/mol. The fourth-order valence-corrected chi connectivity index (χ4v) is 4.99. The number of aryl methyl sites for hydroxylation is 2. The van der Waals surface area contributed by atoms with E-state index < -0.39 is 0 Å². The molecule has 0 spiro atoms. The Hall–Kier alpha value is -4.91. The minimum Gasteiger partial charge on any atom is -0.494 e. The molecule has 1 aromatic heterocycles. The van der Waals surface area contributed by atoms with Crippen LogP contribution in [0, 0.1) is 13.8 Å². The van der Waals surface area contributed by atoms with Crippen molar-refractivity contribution in [2.45, 2.75) is 47.1 Å². The van der Waals surface area contributed by atoms with Crippen molar-refractivity contribution in [3.05, 3.63) is 117 Å². The molecule has 0 unspecified atom stereocenters. The van der Waals surface area contributed by atoms with Crippen LogP contribution in [0.3, 0.4) is 0 Å². The largest absolute Gasteiger partial charge is 0.494 e. The zero-order valence-electron chi connectivity index (χ0n) is 25.5. The number of rotatable bonds is 10. The van der Waals surface area contributed by atoms with Crippen molar-refractivity contribution < 1.29 is 14.2 Å². The van der Waals surface area contributed by atoms with E-state index in [4.69, 9.17) is 24.3 Å². The molecule has 0 aliphatic rings. The van der Waals surface area contributed by atoms with Crippen LogP contribution in [-0.2, 0) is 6.61 Å². The molecule has 220 valence electrons. The second-order valence-corrected chi connectivity index (χ2v) is 10.8. The van der Waals surface area contributed by atoms with Gasteiger partial charge in [-0.1, -0.05) is 61.9 Å². The van der Waals surface area contributed by atoms with Gasteiger partial charge in [-0.05, 0) is 79.8 Å². The van der Waals surface area contributed by atoms with Crippen molar-refractivity contribution in [1.29, 1.82) is 0 Å². The molecule has 7 nitrogen and oxygen atoms in total. The number of ether oxygens (including phenoxy) is 3. The Kier molecular flexibility index (Phi) is 8.90. The van der Waals surface area contributed by atoms with Gasteiger partial charge in [0, 0.05) is 11.1 Å². The van der Waals surface area contributed by atoms with Crippen LogP contribution in [-0.4, -0.2) is 29.6 Å². The summed E-state index contributed by atoms with van der Waals surface area (Å²) < 4.78 is 19.2. The smallest absolute Gasteiger partial charge is 0.282 e. The number of methoxy groups -OCH3 is 1. The van der Waals surface area contributed by atoms with Crippen LogP contribution >= 0.6 is 0 Å². The first kappa shape index (κ1) is 29.6. The summed E-state index contributed by atoms with van der Waals surface area (Å²) in [5.74, 6) is 2.60. The highest BCUT2D eigenvalue weighted by Gasteiger charge is 2.19. The summed E-state index contributed by atoms with van der Waals surface area (Å²) in [6, 6.07) is 25.2. The number of benzene rings is 4. The normalized spacial score (nSPS) is 11.4. The average molecular weight is 576 g/mol. The zero-order chi connectivity index (χ0) is 30.5. The molecule has 0 atom stereocenters. The molecular formula is C36H37N3O4. The fourth-order valence-electron chi connectivity index (χ4n) is 4.99. The Morgan fingerprint density at radius 2 is 1.70 bits per heavy atom. The van der Waals surface area contributed by atoms with E-state index >= 15 is 0 Å². The lowest BCUT2D eigenvalue weighted by molar-refractivity contribution is 0.284. The lowest BCUT2D eigenvalue weighted by atomic mass is 9.96. The summed E-state index contributed by atoms with van der Waals surface area (Å²) in [5.41, 5.74) is 6.02. The number of fused-ring (bicyclic) bond motifs is 1. The van der Waals surface area contributed by atoms with E-state index in [1.165, 1.54) is 10.2 Å². The van der Waals surface area contributed by atoms with Gasteiger partial charge >= 0.3 is 0 Å². The lowest BCUT2D eigenvalue weighted by Gasteiger charge is -2.18. The Labute approximate surface area is 252 Å². The monoisotopic (exact) mass is 575 g/mol. The minimum absolute atomic E-state index is 0.204.